The highest BCUT2D eigenvalue weighted by molar-refractivity contribution is 7.89. The van der Waals surface area contributed by atoms with Crippen LogP contribution in [0.2, 0.25) is 0 Å². The van der Waals surface area contributed by atoms with E-state index in [1.54, 1.807) is 24.0 Å². The number of nitro groups is 1. The van der Waals surface area contributed by atoms with E-state index in [0.29, 0.717) is 17.0 Å². The molecule has 1 fully saturated rings. The van der Waals surface area contributed by atoms with Crippen molar-refractivity contribution in [3.63, 3.8) is 0 Å². The van der Waals surface area contributed by atoms with Gasteiger partial charge in [-0.3, -0.25) is 14.9 Å². The fraction of sp³-hybridized carbons (Fsp3) is 0.381. The second kappa shape index (κ2) is 8.53. The van der Waals surface area contributed by atoms with Crippen LogP contribution in [0.4, 0.5) is 5.69 Å². The van der Waals surface area contributed by atoms with Gasteiger partial charge in [0.1, 0.15) is 0 Å². The van der Waals surface area contributed by atoms with Gasteiger partial charge in [0.05, 0.1) is 9.82 Å². The van der Waals surface area contributed by atoms with Gasteiger partial charge in [-0.15, -0.1) is 0 Å². The first-order chi connectivity index (χ1) is 14.1. The average molecular weight is 432 g/mol. The number of benzene rings is 2. The minimum absolute atomic E-state index is 0.0687. The van der Waals surface area contributed by atoms with Crippen LogP contribution in [0.3, 0.4) is 0 Å². The summed E-state index contributed by atoms with van der Waals surface area (Å²) >= 11 is 0. The quantitative estimate of drug-likeness (QED) is 0.535. The number of sulfonamides is 1. The topological polar surface area (TPSA) is 101 Å². The third-order valence-corrected chi connectivity index (χ3v) is 7.39. The van der Waals surface area contributed by atoms with Crippen LogP contribution >= 0.6 is 0 Å². The third kappa shape index (κ3) is 4.36. The molecule has 1 heterocycles. The monoisotopic (exact) mass is 431 g/mol. The van der Waals surface area contributed by atoms with Gasteiger partial charge in [0.15, 0.2) is 0 Å². The van der Waals surface area contributed by atoms with Crippen LogP contribution in [0.5, 0.6) is 0 Å². The van der Waals surface area contributed by atoms with E-state index in [1.807, 2.05) is 12.1 Å². The molecule has 1 saturated heterocycles. The number of amides is 1. The van der Waals surface area contributed by atoms with Crippen LogP contribution < -0.4 is 0 Å². The van der Waals surface area contributed by atoms with Crippen LogP contribution in [0.1, 0.15) is 41.3 Å². The molecule has 160 valence electrons. The Labute approximate surface area is 176 Å². The Kier molecular flexibility index (Phi) is 6.23. The molecule has 0 N–H and O–H groups in total. The Morgan fingerprint density at radius 1 is 1.03 bits per heavy atom. The first-order valence-corrected chi connectivity index (χ1v) is 11.2. The molecule has 0 radical (unpaired) electrons. The van der Waals surface area contributed by atoms with E-state index in [4.69, 9.17) is 0 Å². The average Bonchev–Trinajstić information content (AvgIpc) is 2.73. The summed E-state index contributed by atoms with van der Waals surface area (Å²) < 4.78 is 27.3. The number of nitro benzene ring substituents is 1. The Bertz CT molecular complexity index is 1060. The molecule has 1 aliphatic heterocycles. The zero-order valence-electron chi connectivity index (χ0n) is 17.2. The summed E-state index contributed by atoms with van der Waals surface area (Å²) in [4.78, 5) is 24.8. The number of hydrogen-bond acceptors (Lipinski definition) is 5. The fourth-order valence-electron chi connectivity index (χ4n) is 3.44. The number of rotatable bonds is 5. The molecule has 2 aromatic rings. The lowest BCUT2D eigenvalue weighted by atomic mass is 10.0. The second-order valence-electron chi connectivity index (χ2n) is 7.68. The highest BCUT2D eigenvalue weighted by atomic mass is 32.2. The van der Waals surface area contributed by atoms with Crippen LogP contribution in [0.25, 0.3) is 0 Å². The zero-order chi connectivity index (χ0) is 22.1. The van der Waals surface area contributed by atoms with Crippen molar-refractivity contribution in [3.05, 3.63) is 69.3 Å². The predicted octanol–water partition coefficient (Wildman–Crippen LogP) is 3.17. The molecule has 0 atom stereocenters. The number of nitrogens with zero attached hydrogens (tertiary/aromatic N) is 3. The molecule has 3 rings (SSSR count). The summed E-state index contributed by atoms with van der Waals surface area (Å²) in [6.45, 7) is 6.58. The van der Waals surface area contributed by atoms with Gasteiger partial charge in [-0.2, -0.15) is 4.31 Å². The summed E-state index contributed by atoms with van der Waals surface area (Å²) in [6, 6.07) is 11.3. The first-order valence-electron chi connectivity index (χ1n) is 9.75. The van der Waals surface area contributed by atoms with Crippen LogP contribution in [-0.4, -0.2) is 54.6 Å². The summed E-state index contributed by atoms with van der Waals surface area (Å²) in [6.07, 6.45) is 0. The van der Waals surface area contributed by atoms with Gasteiger partial charge in [-0.25, -0.2) is 8.42 Å². The molecule has 0 aromatic heterocycles. The summed E-state index contributed by atoms with van der Waals surface area (Å²) in [5.74, 6) is 0.244. The fourth-order valence-corrected chi connectivity index (χ4v) is 5.11. The van der Waals surface area contributed by atoms with Crippen molar-refractivity contribution >= 4 is 21.6 Å². The van der Waals surface area contributed by atoms with Crippen molar-refractivity contribution in [1.29, 1.82) is 0 Å². The summed E-state index contributed by atoms with van der Waals surface area (Å²) in [7, 11) is -3.89. The summed E-state index contributed by atoms with van der Waals surface area (Å²) in [5.41, 5.74) is 1.90. The number of aryl methyl sites for hydroxylation is 1. The van der Waals surface area contributed by atoms with E-state index in [2.05, 4.69) is 13.8 Å². The van der Waals surface area contributed by atoms with Gasteiger partial charge in [-0.05, 0) is 36.1 Å². The maximum absolute atomic E-state index is 13.0. The van der Waals surface area contributed by atoms with E-state index in [9.17, 15) is 23.3 Å². The number of carbonyl (C=O) groups excluding carboxylic acids is 1. The Hall–Kier alpha value is -2.78. The molecule has 0 saturated carbocycles. The van der Waals surface area contributed by atoms with E-state index in [0.717, 1.165) is 11.6 Å². The standard InChI is InChI=1S/C21H25N3O5S/c1-15(2)17-5-7-18(8-6-17)21(25)22-10-12-23(13-11-22)30(28,29)20-14-19(24(26)27)9-4-16(20)3/h4-9,14-15H,10-13H2,1-3H3. The second-order valence-corrected chi connectivity index (χ2v) is 9.59. The lowest BCUT2D eigenvalue weighted by Crippen LogP contribution is -2.50. The van der Waals surface area contributed by atoms with Crippen molar-refractivity contribution in [3.8, 4) is 0 Å². The van der Waals surface area contributed by atoms with E-state index < -0.39 is 14.9 Å². The predicted molar refractivity (Wildman–Crippen MR) is 113 cm³/mol. The largest absolute Gasteiger partial charge is 0.336 e. The van der Waals surface area contributed by atoms with Crippen molar-refractivity contribution in [2.24, 2.45) is 0 Å². The molecule has 0 bridgehead atoms. The molecule has 0 unspecified atom stereocenters. The Balaban J connectivity index is 1.72. The molecule has 1 amide bonds. The third-order valence-electron chi connectivity index (χ3n) is 5.35. The van der Waals surface area contributed by atoms with E-state index in [1.165, 1.54) is 16.4 Å². The Morgan fingerprint density at radius 3 is 2.17 bits per heavy atom. The maximum atomic E-state index is 13.0. The van der Waals surface area contributed by atoms with Gasteiger partial charge in [0.2, 0.25) is 10.0 Å². The van der Waals surface area contributed by atoms with Gasteiger partial charge in [0, 0.05) is 43.9 Å². The molecule has 2 aromatic carbocycles. The SMILES string of the molecule is Cc1ccc([N+](=O)[O-])cc1S(=O)(=O)N1CCN(C(=O)c2ccc(C(C)C)cc2)CC1. The molecule has 9 heteroatoms. The molecular weight excluding hydrogens is 406 g/mol. The van der Waals surface area contributed by atoms with Crippen LogP contribution in [0, 0.1) is 17.0 Å². The highest BCUT2D eigenvalue weighted by Crippen LogP contribution is 2.26. The minimum Gasteiger partial charge on any atom is -0.336 e. The zero-order valence-corrected chi connectivity index (χ0v) is 18.1. The number of hydrogen-bond donors (Lipinski definition) is 0. The molecule has 0 spiro atoms. The normalized spacial score (nSPS) is 15.4. The number of carbonyl (C=O) groups is 1. The molecule has 0 aliphatic carbocycles. The molecule has 30 heavy (non-hydrogen) atoms. The van der Waals surface area contributed by atoms with E-state index >= 15 is 0 Å². The van der Waals surface area contributed by atoms with Crippen molar-refractivity contribution < 1.29 is 18.1 Å². The highest BCUT2D eigenvalue weighted by Gasteiger charge is 2.32. The Morgan fingerprint density at radius 2 is 1.63 bits per heavy atom. The number of non-ortho nitro benzene ring substituents is 1. The van der Waals surface area contributed by atoms with Gasteiger partial charge in [-0.1, -0.05) is 32.0 Å². The lowest BCUT2D eigenvalue weighted by molar-refractivity contribution is -0.385. The minimum atomic E-state index is -3.89. The molecular formula is C21H25N3O5S. The van der Waals surface area contributed by atoms with Gasteiger partial charge >= 0.3 is 0 Å². The molecule has 1 aliphatic rings. The smallest absolute Gasteiger partial charge is 0.270 e. The molecule has 8 nitrogen and oxygen atoms in total. The van der Waals surface area contributed by atoms with Crippen LogP contribution in [0.15, 0.2) is 47.4 Å². The van der Waals surface area contributed by atoms with Crippen LogP contribution in [-0.2, 0) is 10.0 Å². The lowest BCUT2D eigenvalue weighted by Gasteiger charge is -2.34. The van der Waals surface area contributed by atoms with Crippen molar-refractivity contribution in [2.45, 2.75) is 31.6 Å². The van der Waals surface area contributed by atoms with Gasteiger partial charge in [0.25, 0.3) is 11.6 Å². The summed E-state index contributed by atoms with van der Waals surface area (Å²) in [5, 5.41) is 11.0. The van der Waals surface area contributed by atoms with Gasteiger partial charge < -0.3 is 4.90 Å². The maximum Gasteiger partial charge on any atom is 0.270 e. The van der Waals surface area contributed by atoms with E-state index in [-0.39, 0.29) is 42.7 Å². The van der Waals surface area contributed by atoms with Crippen molar-refractivity contribution in [2.75, 3.05) is 26.2 Å². The first kappa shape index (κ1) is 21.9. The number of piperazine rings is 1. The van der Waals surface area contributed by atoms with Crippen molar-refractivity contribution in [1.82, 2.24) is 9.21 Å².